The quantitative estimate of drug-likeness (QED) is 0.641. The van der Waals surface area contributed by atoms with Crippen LogP contribution in [0.3, 0.4) is 0 Å². The van der Waals surface area contributed by atoms with Crippen molar-refractivity contribution in [3.63, 3.8) is 0 Å². The van der Waals surface area contributed by atoms with E-state index in [-0.39, 0.29) is 6.10 Å². The van der Waals surface area contributed by atoms with E-state index in [1.165, 1.54) is 6.23 Å². The van der Waals surface area contributed by atoms with E-state index < -0.39 is 0 Å². The molecule has 0 unspecified atom stereocenters. The summed E-state index contributed by atoms with van der Waals surface area (Å²) >= 11 is 0. The number of aromatic nitrogens is 1. The van der Waals surface area contributed by atoms with Crippen molar-refractivity contribution in [1.82, 2.24) is 9.88 Å². The Balaban J connectivity index is 1.21. The molecule has 28 heavy (non-hydrogen) atoms. The standard InChI is InChI=1S/C24H25N2O2/c1-2-5-23-19(4-1)16-20(17-25-23)18-7-9-21(10-8-18)28-22-11-13-26(14-12-22)24-6-3-15-27-24/h1-2,4-5,7-10,16-17,22H,3,6,11-15H2. The average molecular weight is 373 g/mol. The first-order chi connectivity index (χ1) is 13.8. The highest BCUT2D eigenvalue weighted by Gasteiger charge is 2.29. The number of fused-ring (bicyclic) bond motifs is 1. The van der Waals surface area contributed by atoms with Crippen molar-refractivity contribution < 1.29 is 9.47 Å². The molecule has 3 aromatic rings. The molecule has 4 nitrogen and oxygen atoms in total. The van der Waals surface area contributed by atoms with Crippen LogP contribution in [-0.2, 0) is 4.74 Å². The second-order valence-corrected chi connectivity index (χ2v) is 7.59. The maximum absolute atomic E-state index is 6.24. The Morgan fingerprint density at radius 2 is 1.79 bits per heavy atom. The zero-order valence-electron chi connectivity index (χ0n) is 16.0. The summed E-state index contributed by atoms with van der Waals surface area (Å²) in [6, 6.07) is 18.8. The lowest BCUT2D eigenvalue weighted by Gasteiger charge is -2.34. The molecule has 4 heteroatoms. The average Bonchev–Trinajstić information content (AvgIpc) is 3.29. The van der Waals surface area contributed by atoms with E-state index in [2.05, 4.69) is 46.3 Å². The van der Waals surface area contributed by atoms with Crippen LogP contribution in [0.25, 0.3) is 22.0 Å². The van der Waals surface area contributed by atoms with Crippen molar-refractivity contribution in [2.45, 2.75) is 31.8 Å². The molecule has 143 valence electrons. The van der Waals surface area contributed by atoms with Gasteiger partial charge in [-0.1, -0.05) is 30.3 Å². The minimum atomic E-state index is 0.284. The zero-order chi connectivity index (χ0) is 18.8. The molecule has 0 saturated carbocycles. The van der Waals surface area contributed by atoms with Gasteiger partial charge in [0.1, 0.15) is 11.9 Å². The number of piperidine rings is 1. The van der Waals surface area contributed by atoms with E-state index in [0.29, 0.717) is 0 Å². The van der Waals surface area contributed by atoms with Crippen molar-refractivity contribution in [3.05, 3.63) is 67.0 Å². The number of ether oxygens (including phenoxy) is 2. The van der Waals surface area contributed by atoms with Gasteiger partial charge in [-0.15, -0.1) is 0 Å². The topological polar surface area (TPSA) is 34.6 Å². The van der Waals surface area contributed by atoms with Gasteiger partial charge >= 0.3 is 0 Å². The molecule has 3 heterocycles. The van der Waals surface area contributed by atoms with Crippen LogP contribution >= 0.6 is 0 Å². The number of hydrogen-bond donors (Lipinski definition) is 0. The fraction of sp³-hybridized carbons (Fsp3) is 0.333. The van der Waals surface area contributed by atoms with Crippen LogP contribution in [0.1, 0.15) is 25.7 Å². The molecule has 2 saturated heterocycles. The van der Waals surface area contributed by atoms with Crippen molar-refractivity contribution in [2.75, 3.05) is 19.7 Å². The number of likely N-dealkylation sites (tertiary alicyclic amines) is 1. The Bertz CT molecular complexity index is 927. The maximum Gasteiger partial charge on any atom is 0.164 e. The molecule has 0 spiro atoms. The number of nitrogens with zero attached hydrogens (tertiary/aromatic N) is 2. The van der Waals surface area contributed by atoms with Crippen LogP contribution in [0.15, 0.2) is 60.8 Å². The third kappa shape index (κ3) is 3.75. The van der Waals surface area contributed by atoms with Gasteiger partial charge in [-0.3, -0.25) is 9.88 Å². The van der Waals surface area contributed by atoms with Crippen LogP contribution in [0.5, 0.6) is 5.75 Å². The van der Waals surface area contributed by atoms with Gasteiger partial charge in [0.25, 0.3) is 0 Å². The molecule has 5 rings (SSSR count). The molecule has 0 bridgehead atoms. The van der Waals surface area contributed by atoms with Crippen molar-refractivity contribution in [1.29, 1.82) is 0 Å². The predicted molar refractivity (Wildman–Crippen MR) is 111 cm³/mol. The molecule has 0 atom stereocenters. The first-order valence-electron chi connectivity index (χ1n) is 10.2. The Hall–Kier alpha value is -2.43. The maximum atomic E-state index is 6.24. The van der Waals surface area contributed by atoms with Crippen LogP contribution in [0.4, 0.5) is 0 Å². The fourth-order valence-electron chi connectivity index (χ4n) is 4.11. The van der Waals surface area contributed by atoms with Crippen molar-refractivity contribution >= 4 is 10.9 Å². The third-order valence-electron chi connectivity index (χ3n) is 5.68. The Morgan fingerprint density at radius 3 is 2.57 bits per heavy atom. The molecular formula is C24H25N2O2. The molecule has 2 aliphatic rings. The summed E-state index contributed by atoms with van der Waals surface area (Å²) in [6.07, 6.45) is 7.75. The van der Waals surface area contributed by atoms with Crippen LogP contribution < -0.4 is 4.74 Å². The van der Waals surface area contributed by atoms with E-state index in [1.807, 2.05) is 24.4 Å². The number of benzene rings is 2. The lowest BCUT2D eigenvalue weighted by Crippen LogP contribution is -2.40. The molecule has 1 radical (unpaired) electrons. The smallest absolute Gasteiger partial charge is 0.164 e. The highest BCUT2D eigenvalue weighted by molar-refractivity contribution is 5.83. The lowest BCUT2D eigenvalue weighted by molar-refractivity contribution is 0.0300. The van der Waals surface area contributed by atoms with E-state index in [0.717, 1.165) is 73.2 Å². The molecular weight excluding hydrogens is 348 g/mol. The monoisotopic (exact) mass is 373 g/mol. The second-order valence-electron chi connectivity index (χ2n) is 7.59. The minimum absolute atomic E-state index is 0.284. The molecule has 0 amide bonds. The summed E-state index contributed by atoms with van der Waals surface area (Å²) < 4.78 is 12.0. The Kier molecular flexibility index (Phi) is 4.98. The lowest BCUT2D eigenvalue weighted by atomic mass is 10.0. The molecule has 2 aliphatic heterocycles. The van der Waals surface area contributed by atoms with Gasteiger partial charge in [0, 0.05) is 36.8 Å². The fourth-order valence-corrected chi connectivity index (χ4v) is 4.11. The van der Waals surface area contributed by atoms with Crippen LogP contribution in [0, 0.1) is 6.23 Å². The largest absolute Gasteiger partial charge is 0.490 e. The molecule has 0 aliphatic carbocycles. The first kappa shape index (κ1) is 17.7. The van der Waals surface area contributed by atoms with Crippen LogP contribution in [0.2, 0.25) is 0 Å². The van der Waals surface area contributed by atoms with Crippen molar-refractivity contribution in [3.8, 4) is 16.9 Å². The number of pyridine rings is 1. The molecule has 0 N–H and O–H groups in total. The van der Waals surface area contributed by atoms with Gasteiger partial charge < -0.3 is 9.47 Å². The summed E-state index contributed by atoms with van der Waals surface area (Å²) in [5, 5.41) is 1.16. The summed E-state index contributed by atoms with van der Waals surface area (Å²) in [5.74, 6) is 0.945. The highest BCUT2D eigenvalue weighted by atomic mass is 16.5. The van der Waals surface area contributed by atoms with Gasteiger partial charge in [0.2, 0.25) is 0 Å². The first-order valence-corrected chi connectivity index (χ1v) is 10.2. The van der Waals surface area contributed by atoms with E-state index in [4.69, 9.17) is 9.47 Å². The summed E-state index contributed by atoms with van der Waals surface area (Å²) in [6.45, 7) is 2.94. The van der Waals surface area contributed by atoms with E-state index in [9.17, 15) is 0 Å². The third-order valence-corrected chi connectivity index (χ3v) is 5.68. The van der Waals surface area contributed by atoms with Gasteiger partial charge in [-0.2, -0.15) is 0 Å². The Labute approximate surface area is 166 Å². The highest BCUT2D eigenvalue weighted by Crippen LogP contribution is 2.29. The predicted octanol–water partition coefficient (Wildman–Crippen LogP) is 5.04. The molecule has 1 aromatic heterocycles. The summed E-state index contributed by atoms with van der Waals surface area (Å²) in [7, 11) is 0. The zero-order valence-corrected chi connectivity index (χ0v) is 16.0. The second kappa shape index (κ2) is 7.90. The summed E-state index contributed by atoms with van der Waals surface area (Å²) in [5.41, 5.74) is 3.32. The normalized spacial score (nSPS) is 19.3. The van der Waals surface area contributed by atoms with Crippen molar-refractivity contribution in [2.24, 2.45) is 0 Å². The SMILES string of the molecule is c1ccc2ncc(-c3ccc(OC4CCN([C]5CCCO5)CC4)cc3)cc2c1. The van der Waals surface area contributed by atoms with Gasteiger partial charge in [-0.05, 0) is 55.5 Å². The van der Waals surface area contributed by atoms with E-state index in [1.54, 1.807) is 0 Å². The van der Waals surface area contributed by atoms with Crippen LogP contribution in [-0.4, -0.2) is 35.7 Å². The molecule has 2 aromatic carbocycles. The number of hydrogen-bond acceptors (Lipinski definition) is 4. The van der Waals surface area contributed by atoms with Gasteiger partial charge in [-0.25, -0.2) is 0 Å². The number of para-hydroxylation sites is 1. The van der Waals surface area contributed by atoms with Gasteiger partial charge in [0.05, 0.1) is 5.52 Å². The minimum Gasteiger partial charge on any atom is -0.490 e. The number of rotatable bonds is 4. The molecule has 2 fully saturated rings. The van der Waals surface area contributed by atoms with E-state index >= 15 is 0 Å². The Morgan fingerprint density at radius 1 is 0.964 bits per heavy atom. The summed E-state index contributed by atoms with van der Waals surface area (Å²) in [4.78, 5) is 6.96. The van der Waals surface area contributed by atoms with Gasteiger partial charge in [0.15, 0.2) is 6.23 Å².